The molecule has 1 N–H and O–H groups in total. The molecule has 2 aromatic rings. The van der Waals surface area contributed by atoms with E-state index in [0.29, 0.717) is 0 Å². The Morgan fingerprint density at radius 2 is 1.75 bits per heavy atom. The molecule has 2 rings (SSSR count). The van der Waals surface area contributed by atoms with Gasteiger partial charge < -0.3 is 9.73 Å². The van der Waals surface area contributed by atoms with Crippen molar-refractivity contribution in [3.63, 3.8) is 0 Å². The molecule has 1 aromatic carbocycles. The van der Waals surface area contributed by atoms with Crippen LogP contribution in [0.2, 0.25) is 0 Å². The zero-order chi connectivity index (χ0) is 14.4. The van der Waals surface area contributed by atoms with Gasteiger partial charge in [0.15, 0.2) is 0 Å². The molecule has 20 heavy (non-hydrogen) atoms. The topological polar surface area (TPSA) is 28.4 Å². The molecule has 108 valence electrons. The van der Waals surface area contributed by atoms with Crippen molar-refractivity contribution in [1.29, 1.82) is 0 Å². The van der Waals surface area contributed by atoms with Crippen molar-refractivity contribution in [2.75, 3.05) is 13.6 Å². The Bertz CT molecular complexity index is 516. The van der Waals surface area contributed by atoms with E-state index >= 15 is 0 Å². The van der Waals surface area contributed by atoms with E-state index in [1.54, 1.807) is 6.26 Å². The van der Waals surface area contributed by atoms with Crippen LogP contribution in [-0.4, -0.2) is 18.5 Å². The summed E-state index contributed by atoms with van der Waals surface area (Å²) < 4.78 is 5.34. The molecule has 0 saturated carbocycles. The third-order valence-electron chi connectivity index (χ3n) is 3.46. The Hall–Kier alpha value is -1.58. The Labute approximate surface area is 121 Å². The third-order valence-corrected chi connectivity index (χ3v) is 3.46. The molecule has 1 heterocycles. The van der Waals surface area contributed by atoms with Gasteiger partial charge in [-0.05, 0) is 37.7 Å². The summed E-state index contributed by atoms with van der Waals surface area (Å²) in [4.78, 5) is 2.30. The molecule has 0 aliphatic rings. The first-order valence-electron chi connectivity index (χ1n) is 7.19. The standard InChI is InChI=1S/C17H24N2O/c1-4-18-11-15-5-7-16(8-6-15)12-19(3)13-17-9-10-20-14(17)2/h5-10,18H,4,11-13H2,1-3H3. The summed E-state index contributed by atoms with van der Waals surface area (Å²) in [6, 6.07) is 10.9. The molecule has 0 aliphatic carbocycles. The second-order valence-electron chi connectivity index (χ2n) is 5.27. The normalized spacial score (nSPS) is 11.2. The Morgan fingerprint density at radius 3 is 2.35 bits per heavy atom. The first kappa shape index (κ1) is 14.8. The van der Waals surface area contributed by atoms with Gasteiger partial charge in [-0.3, -0.25) is 4.90 Å². The molecular formula is C17H24N2O. The fourth-order valence-electron chi connectivity index (χ4n) is 2.27. The van der Waals surface area contributed by atoms with E-state index in [-0.39, 0.29) is 0 Å². The summed E-state index contributed by atoms with van der Waals surface area (Å²) in [7, 11) is 2.14. The van der Waals surface area contributed by atoms with Crippen molar-refractivity contribution in [2.45, 2.75) is 33.5 Å². The second kappa shape index (κ2) is 7.27. The lowest BCUT2D eigenvalue weighted by molar-refractivity contribution is 0.316. The van der Waals surface area contributed by atoms with Crippen molar-refractivity contribution in [3.05, 3.63) is 59.0 Å². The van der Waals surface area contributed by atoms with Crippen molar-refractivity contribution >= 4 is 0 Å². The van der Waals surface area contributed by atoms with Crippen molar-refractivity contribution in [3.8, 4) is 0 Å². The quantitative estimate of drug-likeness (QED) is 0.838. The van der Waals surface area contributed by atoms with Gasteiger partial charge in [0.25, 0.3) is 0 Å². The fraction of sp³-hybridized carbons (Fsp3) is 0.412. The predicted octanol–water partition coefficient (Wildman–Crippen LogP) is 3.33. The minimum Gasteiger partial charge on any atom is -0.469 e. The van der Waals surface area contributed by atoms with Gasteiger partial charge >= 0.3 is 0 Å². The van der Waals surface area contributed by atoms with Crippen LogP contribution in [0, 0.1) is 6.92 Å². The van der Waals surface area contributed by atoms with Crippen LogP contribution in [0.3, 0.4) is 0 Å². The Morgan fingerprint density at radius 1 is 1.05 bits per heavy atom. The zero-order valence-electron chi connectivity index (χ0n) is 12.6. The van der Waals surface area contributed by atoms with Gasteiger partial charge in [-0.1, -0.05) is 31.2 Å². The average Bonchev–Trinajstić information content (AvgIpc) is 2.83. The molecule has 0 bridgehead atoms. The number of nitrogens with one attached hydrogen (secondary N) is 1. The molecule has 0 aliphatic heterocycles. The SMILES string of the molecule is CCNCc1ccc(CN(C)Cc2ccoc2C)cc1. The minimum atomic E-state index is 0.918. The van der Waals surface area contributed by atoms with E-state index in [2.05, 4.69) is 48.5 Å². The summed E-state index contributed by atoms with van der Waals surface area (Å²) in [6.07, 6.45) is 1.76. The monoisotopic (exact) mass is 272 g/mol. The number of furan rings is 1. The van der Waals surface area contributed by atoms with E-state index < -0.39 is 0 Å². The molecule has 0 spiro atoms. The van der Waals surface area contributed by atoms with Crippen LogP contribution in [0.15, 0.2) is 41.0 Å². The molecule has 0 atom stereocenters. The summed E-state index contributed by atoms with van der Waals surface area (Å²) in [5.74, 6) is 1.01. The first-order chi connectivity index (χ1) is 9.69. The van der Waals surface area contributed by atoms with E-state index in [9.17, 15) is 0 Å². The maximum Gasteiger partial charge on any atom is 0.105 e. The van der Waals surface area contributed by atoms with E-state index in [1.807, 2.05) is 13.0 Å². The second-order valence-corrected chi connectivity index (χ2v) is 5.27. The summed E-state index contributed by atoms with van der Waals surface area (Å²) >= 11 is 0. The van der Waals surface area contributed by atoms with Crippen LogP contribution in [-0.2, 0) is 19.6 Å². The lowest BCUT2D eigenvalue weighted by Crippen LogP contribution is -2.17. The highest BCUT2D eigenvalue weighted by molar-refractivity contribution is 5.22. The molecular weight excluding hydrogens is 248 g/mol. The van der Waals surface area contributed by atoms with Gasteiger partial charge in [0, 0.05) is 25.2 Å². The Balaban J connectivity index is 1.87. The van der Waals surface area contributed by atoms with Gasteiger partial charge in [0.2, 0.25) is 0 Å². The van der Waals surface area contributed by atoms with Crippen molar-refractivity contribution in [1.82, 2.24) is 10.2 Å². The van der Waals surface area contributed by atoms with E-state index in [4.69, 9.17) is 4.42 Å². The van der Waals surface area contributed by atoms with Crippen LogP contribution in [0.25, 0.3) is 0 Å². The number of nitrogens with zero attached hydrogens (tertiary/aromatic N) is 1. The maximum atomic E-state index is 5.34. The van der Waals surface area contributed by atoms with Gasteiger partial charge in [-0.2, -0.15) is 0 Å². The highest BCUT2D eigenvalue weighted by Crippen LogP contribution is 2.13. The van der Waals surface area contributed by atoms with Crippen LogP contribution in [0.4, 0.5) is 0 Å². The summed E-state index contributed by atoms with van der Waals surface area (Å²) in [5.41, 5.74) is 3.94. The van der Waals surface area contributed by atoms with Gasteiger partial charge in [-0.15, -0.1) is 0 Å². The molecule has 3 nitrogen and oxygen atoms in total. The number of aryl methyl sites for hydroxylation is 1. The smallest absolute Gasteiger partial charge is 0.105 e. The largest absolute Gasteiger partial charge is 0.469 e. The highest BCUT2D eigenvalue weighted by atomic mass is 16.3. The predicted molar refractivity (Wildman–Crippen MR) is 82.4 cm³/mol. The lowest BCUT2D eigenvalue weighted by Gasteiger charge is -2.16. The van der Waals surface area contributed by atoms with Crippen LogP contribution in [0.5, 0.6) is 0 Å². The van der Waals surface area contributed by atoms with Crippen LogP contribution < -0.4 is 5.32 Å². The average molecular weight is 272 g/mol. The van der Waals surface area contributed by atoms with Gasteiger partial charge in [-0.25, -0.2) is 0 Å². The third kappa shape index (κ3) is 4.22. The summed E-state index contributed by atoms with van der Waals surface area (Å²) in [6.45, 7) is 7.96. The van der Waals surface area contributed by atoms with Crippen LogP contribution >= 0.6 is 0 Å². The molecule has 0 saturated heterocycles. The van der Waals surface area contributed by atoms with Crippen molar-refractivity contribution in [2.24, 2.45) is 0 Å². The van der Waals surface area contributed by atoms with E-state index in [1.165, 1.54) is 16.7 Å². The maximum absolute atomic E-state index is 5.34. The lowest BCUT2D eigenvalue weighted by atomic mass is 10.1. The zero-order valence-corrected chi connectivity index (χ0v) is 12.6. The molecule has 0 radical (unpaired) electrons. The molecule has 0 amide bonds. The summed E-state index contributed by atoms with van der Waals surface area (Å²) in [5, 5.41) is 3.34. The minimum absolute atomic E-state index is 0.918. The number of hydrogen-bond donors (Lipinski definition) is 1. The van der Waals surface area contributed by atoms with Gasteiger partial charge in [0.05, 0.1) is 6.26 Å². The number of benzene rings is 1. The molecule has 0 fully saturated rings. The first-order valence-corrected chi connectivity index (χ1v) is 7.19. The van der Waals surface area contributed by atoms with Gasteiger partial charge in [0.1, 0.15) is 5.76 Å². The molecule has 1 aromatic heterocycles. The number of hydrogen-bond acceptors (Lipinski definition) is 3. The van der Waals surface area contributed by atoms with Crippen LogP contribution in [0.1, 0.15) is 29.4 Å². The Kier molecular flexibility index (Phi) is 5.39. The van der Waals surface area contributed by atoms with Crippen molar-refractivity contribution < 1.29 is 4.42 Å². The molecule has 3 heteroatoms. The fourth-order valence-corrected chi connectivity index (χ4v) is 2.27. The van der Waals surface area contributed by atoms with E-state index in [0.717, 1.165) is 31.9 Å². The highest BCUT2D eigenvalue weighted by Gasteiger charge is 2.06. The molecule has 0 unspecified atom stereocenters. The number of rotatable bonds is 7.